The molecular formula is C14H14. The van der Waals surface area contributed by atoms with Crippen LogP contribution < -0.4 is 0 Å². The quantitative estimate of drug-likeness (QED) is 0.612. The SMILES string of the molecule is C=C[C@H](C)c1ccc2ccccc2c1. The van der Waals surface area contributed by atoms with Crippen molar-refractivity contribution in [3.8, 4) is 0 Å². The van der Waals surface area contributed by atoms with Gasteiger partial charge in [-0.2, -0.15) is 0 Å². The number of hydrogen-bond acceptors (Lipinski definition) is 0. The number of hydrogen-bond donors (Lipinski definition) is 0. The number of rotatable bonds is 2. The minimum atomic E-state index is 0.430. The van der Waals surface area contributed by atoms with Gasteiger partial charge in [0.25, 0.3) is 0 Å². The van der Waals surface area contributed by atoms with Gasteiger partial charge in [-0.15, -0.1) is 6.58 Å². The first-order valence-corrected chi connectivity index (χ1v) is 4.92. The van der Waals surface area contributed by atoms with Crippen LogP contribution in [0.1, 0.15) is 18.4 Å². The molecule has 0 amide bonds. The molecule has 14 heavy (non-hydrogen) atoms. The van der Waals surface area contributed by atoms with Crippen LogP contribution >= 0.6 is 0 Å². The zero-order valence-corrected chi connectivity index (χ0v) is 8.40. The van der Waals surface area contributed by atoms with E-state index in [-0.39, 0.29) is 0 Å². The predicted octanol–water partition coefficient (Wildman–Crippen LogP) is 4.13. The molecule has 0 nitrogen and oxygen atoms in total. The van der Waals surface area contributed by atoms with E-state index in [1.54, 1.807) is 0 Å². The van der Waals surface area contributed by atoms with E-state index in [4.69, 9.17) is 0 Å². The lowest BCUT2D eigenvalue weighted by Crippen LogP contribution is -1.87. The zero-order chi connectivity index (χ0) is 9.97. The highest BCUT2D eigenvalue weighted by Gasteiger charge is 2.00. The van der Waals surface area contributed by atoms with E-state index >= 15 is 0 Å². The maximum atomic E-state index is 3.82. The minimum absolute atomic E-state index is 0.430. The number of allylic oxidation sites excluding steroid dienone is 1. The Morgan fingerprint density at radius 1 is 1.07 bits per heavy atom. The predicted molar refractivity (Wildman–Crippen MR) is 62.6 cm³/mol. The first-order valence-electron chi connectivity index (χ1n) is 4.92. The van der Waals surface area contributed by atoms with Crippen molar-refractivity contribution in [3.63, 3.8) is 0 Å². The van der Waals surface area contributed by atoms with Gasteiger partial charge in [-0.25, -0.2) is 0 Å². The summed E-state index contributed by atoms with van der Waals surface area (Å²) in [6.07, 6.45) is 1.98. The molecule has 0 N–H and O–H groups in total. The van der Waals surface area contributed by atoms with Gasteiger partial charge in [-0.3, -0.25) is 0 Å². The zero-order valence-electron chi connectivity index (χ0n) is 8.40. The molecule has 0 saturated carbocycles. The highest BCUT2D eigenvalue weighted by molar-refractivity contribution is 5.83. The Kier molecular flexibility index (Phi) is 2.36. The number of fused-ring (bicyclic) bond motifs is 1. The van der Waals surface area contributed by atoms with Crippen molar-refractivity contribution in [2.24, 2.45) is 0 Å². The largest absolute Gasteiger partial charge is 0.102 e. The van der Waals surface area contributed by atoms with E-state index in [1.807, 2.05) is 6.08 Å². The van der Waals surface area contributed by atoms with E-state index in [9.17, 15) is 0 Å². The van der Waals surface area contributed by atoms with Crippen LogP contribution in [0.3, 0.4) is 0 Å². The summed E-state index contributed by atoms with van der Waals surface area (Å²) in [6, 6.07) is 15.0. The molecule has 0 aromatic heterocycles. The average Bonchev–Trinajstić information content (AvgIpc) is 2.27. The lowest BCUT2D eigenvalue weighted by Gasteiger charge is -2.07. The molecule has 0 aliphatic heterocycles. The van der Waals surface area contributed by atoms with Gasteiger partial charge in [0.2, 0.25) is 0 Å². The molecular weight excluding hydrogens is 168 g/mol. The lowest BCUT2D eigenvalue weighted by atomic mass is 9.98. The van der Waals surface area contributed by atoms with Gasteiger partial charge in [0.05, 0.1) is 0 Å². The molecule has 0 aliphatic carbocycles. The van der Waals surface area contributed by atoms with Crippen LogP contribution in [-0.4, -0.2) is 0 Å². The Morgan fingerprint density at radius 2 is 1.79 bits per heavy atom. The molecule has 0 bridgehead atoms. The normalized spacial score (nSPS) is 12.6. The van der Waals surface area contributed by atoms with Gasteiger partial charge in [0, 0.05) is 0 Å². The molecule has 2 rings (SSSR count). The average molecular weight is 182 g/mol. The molecule has 0 heteroatoms. The molecule has 0 spiro atoms. The molecule has 0 fully saturated rings. The van der Waals surface area contributed by atoms with Crippen LogP contribution in [0, 0.1) is 0 Å². The van der Waals surface area contributed by atoms with Crippen LogP contribution in [0.4, 0.5) is 0 Å². The summed E-state index contributed by atoms with van der Waals surface area (Å²) in [4.78, 5) is 0. The van der Waals surface area contributed by atoms with Gasteiger partial charge in [0.15, 0.2) is 0 Å². The molecule has 1 atom stereocenters. The molecule has 2 aromatic rings. The second-order valence-electron chi connectivity index (χ2n) is 3.63. The monoisotopic (exact) mass is 182 g/mol. The minimum Gasteiger partial charge on any atom is -0.102 e. The Morgan fingerprint density at radius 3 is 2.50 bits per heavy atom. The molecule has 2 aromatic carbocycles. The third-order valence-corrected chi connectivity index (χ3v) is 2.65. The third kappa shape index (κ3) is 1.56. The Hall–Kier alpha value is -1.56. The van der Waals surface area contributed by atoms with Crippen LogP contribution in [0.2, 0.25) is 0 Å². The van der Waals surface area contributed by atoms with Gasteiger partial charge >= 0.3 is 0 Å². The maximum absolute atomic E-state index is 3.82. The van der Waals surface area contributed by atoms with Crippen molar-refractivity contribution < 1.29 is 0 Å². The van der Waals surface area contributed by atoms with Gasteiger partial charge in [-0.05, 0) is 22.3 Å². The van der Waals surface area contributed by atoms with Gasteiger partial charge < -0.3 is 0 Å². The first-order chi connectivity index (χ1) is 6.81. The van der Waals surface area contributed by atoms with Crippen LogP contribution in [0.5, 0.6) is 0 Å². The fourth-order valence-corrected chi connectivity index (χ4v) is 1.63. The van der Waals surface area contributed by atoms with E-state index < -0.39 is 0 Å². The second-order valence-corrected chi connectivity index (χ2v) is 3.63. The fourth-order valence-electron chi connectivity index (χ4n) is 1.63. The smallest absolute Gasteiger partial charge is 0.00129 e. The summed E-state index contributed by atoms with van der Waals surface area (Å²) >= 11 is 0. The van der Waals surface area contributed by atoms with Crippen molar-refractivity contribution in [3.05, 3.63) is 60.7 Å². The molecule has 70 valence electrons. The standard InChI is InChI=1S/C14H14/c1-3-11(2)13-9-8-12-6-4-5-7-14(12)10-13/h3-11H,1H2,2H3/t11-/m0/s1. The van der Waals surface area contributed by atoms with Gasteiger partial charge in [-0.1, -0.05) is 55.5 Å². The Balaban J connectivity index is 2.56. The first kappa shape index (κ1) is 9.01. The maximum Gasteiger partial charge on any atom is -0.00129 e. The van der Waals surface area contributed by atoms with E-state index in [0.29, 0.717) is 5.92 Å². The highest BCUT2D eigenvalue weighted by Crippen LogP contribution is 2.21. The van der Waals surface area contributed by atoms with E-state index in [1.165, 1.54) is 16.3 Å². The molecule has 0 unspecified atom stereocenters. The summed E-state index contributed by atoms with van der Waals surface area (Å²) in [7, 11) is 0. The molecule has 0 aliphatic rings. The van der Waals surface area contributed by atoms with E-state index in [0.717, 1.165) is 0 Å². The second kappa shape index (κ2) is 3.67. The van der Waals surface area contributed by atoms with Crippen molar-refractivity contribution in [2.75, 3.05) is 0 Å². The Bertz CT molecular complexity index is 454. The van der Waals surface area contributed by atoms with Crippen molar-refractivity contribution in [1.29, 1.82) is 0 Å². The molecule has 0 heterocycles. The van der Waals surface area contributed by atoms with Crippen molar-refractivity contribution >= 4 is 10.8 Å². The summed E-state index contributed by atoms with van der Waals surface area (Å²) in [5, 5.41) is 2.60. The van der Waals surface area contributed by atoms with Gasteiger partial charge in [0.1, 0.15) is 0 Å². The van der Waals surface area contributed by atoms with E-state index in [2.05, 4.69) is 56.0 Å². The molecule has 0 radical (unpaired) electrons. The fraction of sp³-hybridized carbons (Fsp3) is 0.143. The lowest BCUT2D eigenvalue weighted by molar-refractivity contribution is 0.974. The van der Waals surface area contributed by atoms with Crippen molar-refractivity contribution in [2.45, 2.75) is 12.8 Å². The van der Waals surface area contributed by atoms with Crippen LogP contribution in [0.15, 0.2) is 55.1 Å². The van der Waals surface area contributed by atoms with Crippen LogP contribution in [0.25, 0.3) is 10.8 Å². The topological polar surface area (TPSA) is 0 Å². The summed E-state index contributed by atoms with van der Waals surface area (Å²) < 4.78 is 0. The summed E-state index contributed by atoms with van der Waals surface area (Å²) in [6.45, 7) is 5.98. The van der Waals surface area contributed by atoms with Crippen LogP contribution in [-0.2, 0) is 0 Å². The van der Waals surface area contributed by atoms with Crippen molar-refractivity contribution in [1.82, 2.24) is 0 Å². The number of benzene rings is 2. The summed E-state index contributed by atoms with van der Waals surface area (Å²) in [5.74, 6) is 0.430. The summed E-state index contributed by atoms with van der Waals surface area (Å²) in [5.41, 5.74) is 1.33. The Labute approximate surface area is 84.9 Å². The highest BCUT2D eigenvalue weighted by atomic mass is 14.1. The third-order valence-electron chi connectivity index (χ3n) is 2.65. The molecule has 0 saturated heterocycles.